The van der Waals surface area contributed by atoms with Gasteiger partial charge < -0.3 is 14.5 Å². The van der Waals surface area contributed by atoms with Crippen LogP contribution < -0.4 is 4.90 Å². The van der Waals surface area contributed by atoms with E-state index in [0.29, 0.717) is 42.8 Å². The van der Waals surface area contributed by atoms with Crippen LogP contribution >= 0.6 is 11.6 Å². The lowest BCUT2D eigenvalue weighted by molar-refractivity contribution is -0.384. The monoisotopic (exact) mass is 553 g/mol. The third-order valence-electron chi connectivity index (χ3n) is 7.42. The Morgan fingerprint density at radius 3 is 2.40 bits per heavy atom. The summed E-state index contributed by atoms with van der Waals surface area (Å²) in [6, 6.07) is 22.0. The molecule has 0 bridgehead atoms. The van der Waals surface area contributed by atoms with E-state index in [4.69, 9.17) is 31.4 Å². The third-order valence-corrected chi connectivity index (χ3v) is 7.67. The minimum atomic E-state index is -0.410. The Labute approximate surface area is 234 Å². The van der Waals surface area contributed by atoms with E-state index < -0.39 is 4.92 Å². The molecule has 4 aromatic rings. The highest BCUT2D eigenvalue weighted by Gasteiger charge is 2.42. The Balaban J connectivity index is 1.48. The lowest BCUT2D eigenvalue weighted by Crippen LogP contribution is -2.52. The lowest BCUT2D eigenvalue weighted by atomic mass is 9.93. The number of fused-ring (bicyclic) bond motifs is 4. The van der Waals surface area contributed by atoms with E-state index in [1.54, 1.807) is 16.8 Å². The number of morpholine rings is 1. The van der Waals surface area contributed by atoms with E-state index in [1.807, 2.05) is 49.4 Å². The van der Waals surface area contributed by atoms with Gasteiger partial charge >= 0.3 is 0 Å². The van der Waals surface area contributed by atoms with Crippen molar-refractivity contribution in [3.05, 3.63) is 105 Å². The van der Waals surface area contributed by atoms with Crippen molar-refractivity contribution in [2.24, 2.45) is 9.98 Å². The molecule has 10 nitrogen and oxygen atoms in total. The number of benzene rings is 3. The fourth-order valence-electron chi connectivity index (χ4n) is 5.54. The number of aromatic nitrogens is 2. The number of rotatable bonds is 3. The number of nitro benzene ring substituents is 1. The van der Waals surface area contributed by atoms with Gasteiger partial charge in [0.05, 0.1) is 46.9 Å². The zero-order valence-corrected chi connectivity index (χ0v) is 22.3. The second-order valence-corrected chi connectivity index (χ2v) is 10.2. The number of ether oxygens (including phenoxy) is 1. The van der Waals surface area contributed by atoms with Gasteiger partial charge in [-0.05, 0) is 48.9 Å². The molecule has 0 radical (unpaired) electrons. The van der Waals surface area contributed by atoms with Crippen LogP contribution in [0.2, 0.25) is 5.02 Å². The highest BCUT2D eigenvalue weighted by Crippen LogP contribution is 2.48. The molecule has 0 aliphatic carbocycles. The predicted molar refractivity (Wildman–Crippen MR) is 154 cm³/mol. The molecule has 200 valence electrons. The molecule has 40 heavy (non-hydrogen) atoms. The first-order valence-electron chi connectivity index (χ1n) is 13.0. The van der Waals surface area contributed by atoms with Gasteiger partial charge in [-0.15, -0.1) is 0 Å². The summed E-state index contributed by atoms with van der Waals surface area (Å²) in [6.45, 7) is 4.59. The van der Waals surface area contributed by atoms with Gasteiger partial charge in [-0.3, -0.25) is 10.1 Å². The molecule has 0 saturated carbocycles. The lowest BCUT2D eigenvalue weighted by Gasteiger charge is -2.43. The number of non-ortho nitro benzene ring substituents is 1. The predicted octanol–water partition coefficient (Wildman–Crippen LogP) is 5.76. The van der Waals surface area contributed by atoms with Gasteiger partial charge in [0, 0.05) is 35.8 Å². The molecule has 4 heterocycles. The average molecular weight is 554 g/mol. The molecule has 1 saturated heterocycles. The summed E-state index contributed by atoms with van der Waals surface area (Å²) in [4.78, 5) is 25.7. The summed E-state index contributed by atoms with van der Waals surface area (Å²) in [7, 11) is 0. The van der Waals surface area contributed by atoms with Crippen molar-refractivity contribution < 1.29 is 9.66 Å². The van der Waals surface area contributed by atoms with Crippen LogP contribution in [0, 0.1) is 17.0 Å². The number of nitro groups is 1. The quantitative estimate of drug-likeness (QED) is 0.236. The van der Waals surface area contributed by atoms with Gasteiger partial charge in [-0.1, -0.05) is 35.9 Å². The summed E-state index contributed by atoms with van der Waals surface area (Å²) in [5.41, 5.74) is 5.30. The number of halogens is 1. The number of aryl methyl sites for hydroxylation is 1. The van der Waals surface area contributed by atoms with Crippen LogP contribution in [0.15, 0.2) is 82.8 Å². The van der Waals surface area contributed by atoms with Crippen molar-refractivity contribution in [2.75, 3.05) is 31.2 Å². The minimum absolute atomic E-state index is 0.0173. The largest absolute Gasteiger partial charge is 0.378 e. The van der Waals surface area contributed by atoms with Crippen LogP contribution in [0.4, 0.5) is 22.9 Å². The Hall–Kier alpha value is -4.54. The first-order valence-corrected chi connectivity index (χ1v) is 13.4. The van der Waals surface area contributed by atoms with Crippen LogP contribution in [-0.2, 0) is 4.74 Å². The third kappa shape index (κ3) is 3.95. The average Bonchev–Trinajstić information content (AvgIpc) is 3.32. The van der Waals surface area contributed by atoms with Crippen LogP contribution in [-0.4, -0.2) is 57.6 Å². The molecule has 0 spiro atoms. The standard InChI is InChI=1S/C29H24ClN7O3/c1-18-25-26(19-6-8-20(30)9-7-19)35-24-5-3-2-4-23(24)31-28(34-14-16-40-17-15-34)29(35)32-27(25)36(33-18)21-10-12-22(13-11-21)37(38)39/h2-13,26H,14-17H2,1H3/t26-/m1/s1. The van der Waals surface area contributed by atoms with Crippen LogP contribution in [0.1, 0.15) is 22.9 Å². The van der Waals surface area contributed by atoms with Crippen LogP contribution in [0.3, 0.4) is 0 Å². The molecule has 1 aromatic heterocycles. The van der Waals surface area contributed by atoms with E-state index in [-0.39, 0.29) is 11.7 Å². The number of hydrogen-bond acceptors (Lipinski definition) is 8. The summed E-state index contributed by atoms with van der Waals surface area (Å²) in [6.07, 6.45) is 0. The van der Waals surface area contributed by atoms with Gasteiger partial charge in [-0.25, -0.2) is 14.7 Å². The minimum Gasteiger partial charge on any atom is -0.378 e. The maximum absolute atomic E-state index is 11.3. The number of aliphatic imine (C=N–C) groups is 2. The molecule has 3 aromatic carbocycles. The Kier molecular flexibility index (Phi) is 5.87. The summed E-state index contributed by atoms with van der Waals surface area (Å²) < 4.78 is 7.40. The number of hydrogen-bond donors (Lipinski definition) is 0. The molecule has 0 unspecified atom stereocenters. The van der Waals surface area contributed by atoms with E-state index in [2.05, 4.69) is 15.9 Å². The molecule has 3 aliphatic rings. The van der Waals surface area contributed by atoms with Crippen LogP contribution in [0.5, 0.6) is 0 Å². The van der Waals surface area contributed by atoms with Gasteiger partial charge in [-0.2, -0.15) is 5.10 Å². The molecular formula is C29H24ClN7O3. The van der Waals surface area contributed by atoms with Crippen molar-refractivity contribution >= 4 is 46.2 Å². The summed E-state index contributed by atoms with van der Waals surface area (Å²) in [5, 5.41) is 16.8. The Morgan fingerprint density at radius 2 is 1.68 bits per heavy atom. The van der Waals surface area contributed by atoms with Crippen molar-refractivity contribution in [3.8, 4) is 5.69 Å². The number of anilines is 1. The smallest absolute Gasteiger partial charge is 0.269 e. The Bertz CT molecular complexity index is 1690. The molecule has 0 amide bonds. The SMILES string of the molecule is Cc1nn(-c2ccc([N+](=O)[O-])cc2)c2c1[C@@H](c1ccc(Cl)cc1)N1C(=N2)C(N2CCOCC2)=Nc2ccccc21. The second-order valence-electron chi connectivity index (χ2n) is 9.79. The van der Waals surface area contributed by atoms with Crippen LogP contribution in [0.25, 0.3) is 5.69 Å². The topological polar surface area (TPSA) is 101 Å². The van der Waals surface area contributed by atoms with Gasteiger partial charge in [0.1, 0.15) is 0 Å². The molecule has 3 aliphatic heterocycles. The highest BCUT2D eigenvalue weighted by molar-refractivity contribution is 6.48. The first kappa shape index (κ1) is 24.5. The Morgan fingerprint density at radius 1 is 0.950 bits per heavy atom. The molecule has 1 atom stereocenters. The zero-order valence-electron chi connectivity index (χ0n) is 21.6. The highest BCUT2D eigenvalue weighted by atomic mass is 35.5. The first-order chi connectivity index (χ1) is 19.5. The maximum Gasteiger partial charge on any atom is 0.269 e. The van der Waals surface area contributed by atoms with Gasteiger partial charge in [0.15, 0.2) is 17.5 Å². The molecular weight excluding hydrogens is 530 g/mol. The van der Waals surface area contributed by atoms with Crippen molar-refractivity contribution in [2.45, 2.75) is 13.0 Å². The molecule has 7 rings (SSSR count). The molecule has 11 heteroatoms. The zero-order chi connectivity index (χ0) is 27.4. The van der Waals surface area contributed by atoms with E-state index in [9.17, 15) is 10.1 Å². The van der Waals surface area contributed by atoms with Crippen molar-refractivity contribution in [3.63, 3.8) is 0 Å². The van der Waals surface area contributed by atoms with E-state index >= 15 is 0 Å². The normalized spacial score (nSPS) is 17.9. The number of para-hydroxylation sites is 2. The fourth-order valence-corrected chi connectivity index (χ4v) is 5.67. The van der Waals surface area contributed by atoms with Crippen molar-refractivity contribution in [1.29, 1.82) is 0 Å². The number of amidine groups is 2. The summed E-state index contributed by atoms with van der Waals surface area (Å²) in [5.74, 6) is 2.16. The van der Waals surface area contributed by atoms with E-state index in [1.165, 1.54) is 12.1 Å². The number of nitrogens with zero attached hydrogens (tertiary/aromatic N) is 7. The van der Waals surface area contributed by atoms with Gasteiger partial charge in [0.25, 0.3) is 5.69 Å². The van der Waals surface area contributed by atoms with E-state index in [0.717, 1.165) is 39.9 Å². The molecule has 1 fully saturated rings. The maximum atomic E-state index is 11.3. The fraction of sp³-hybridized carbons (Fsp3) is 0.207. The summed E-state index contributed by atoms with van der Waals surface area (Å²) >= 11 is 6.31. The molecule has 0 N–H and O–H groups in total. The second kappa shape index (κ2) is 9.58. The van der Waals surface area contributed by atoms with Gasteiger partial charge in [0.2, 0.25) is 0 Å². The van der Waals surface area contributed by atoms with Crippen molar-refractivity contribution in [1.82, 2.24) is 14.7 Å².